The molecule has 3 rings (SSSR count). The van der Waals surface area contributed by atoms with E-state index < -0.39 is 35.3 Å². The molecule has 0 bridgehead atoms. The summed E-state index contributed by atoms with van der Waals surface area (Å²) >= 11 is 0. The van der Waals surface area contributed by atoms with E-state index >= 15 is 0 Å². The molecule has 1 aromatic carbocycles. The molecule has 0 aliphatic carbocycles. The highest BCUT2D eigenvalue weighted by molar-refractivity contribution is 5.79. The van der Waals surface area contributed by atoms with Gasteiger partial charge >= 0.3 is 0 Å². The highest BCUT2D eigenvalue weighted by Gasteiger charge is 2.39. The Morgan fingerprint density at radius 2 is 1.88 bits per heavy atom. The Bertz CT molecular complexity index is 612. The van der Waals surface area contributed by atoms with Gasteiger partial charge in [-0.05, 0) is 37.8 Å². The highest BCUT2D eigenvalue weighted by atomic mass is 19.2. The molecule has 0 saturated carbocycles. The van der Waals surface area contributed by atoms with Gasteiger partial charge in [-0.2, -0.15) is 0 Å². The van der Waals surface area contributed by atoms with E-state index in [1.807, 2.05) is 0 Å². The topological polar surface area (TPSA) is 47.6 Å². The van der Waals surface area contributed by atoms with Crippen LogP contribution in [0.4, 0.5) is 13.2 Å². The number of carbonyl (C=O) groups is 1. The molecule has 2 aliphatic heterocycles. The van der Waals surface area contributed by atoms with Crippen LogP contribution in [0.3, 0.4) is 0 Å². The standard InChI is InChI=1S/C17H20F3NO3/c18-13-1-2-14(19)16(20)12(13)9-15(22)21-11-3-6-24-17(10-11)4-7-23-8-5-17/h1-2,11H,3-10H2,(H,21,22)/t11-/m0/s1. The number of ether oxygens (including phenoxy) is 2. The molecule has 2 aliphatic rings. The second kappa shape index (κ2) is 7.11. The van der Waals surface area contributed by atoms with Crippen LogP contribution >= 0.6 is 0 Å². The Hall–Kier alpha value is -1.60. The fourth-order valence-corrected chi connectivity index (χ4v) is 3.41. The van der Waals surface area contributed by atoms with Crippen molar-refractivity contribution < 1.29 is 27.4 Å². The number of halogens is 3. The van der Waals surface area contributed by atoms with Gasteiger partial charge < -0.3 is 14.8 Å². The highest BCUT2D eigenvalue weighted by Crippen LogP contribution is 2.34. The van der Waals surface area contributed by atoms with Crippen LogP contribution in [-0.2, 0) is 20.7 Å². The van der Waals surface area contributed by atoms with Crippen molar-refractivity contribution in [2.75, 3.05) is 19.8 Å². The SMILES string of the molecule is O=C(Cc1c(F)ccc(F)c1F)N[C@H]1CCOC2(CCOCC2)C1. The average Bonchev–Trinajstić information content (AvgIpc) is 2.56. The average molecular weight is 343 g/mol. The van der Waals surface area contributed by atoms with Crippen molar-refractivity contribution >= 4 is 5.91 Å². The van der Waals surface area contributed by atoms with Gasteiger partial charge in [0.25, 0.3) is 0 Å². The molecule has 1 aromatic rings. The number of carbonyl (C=O) groups excluding carboxylic acids is 1. The second-order valence-electron chi connectivity index (χ2n) is 6.40. The molecule has 1 N–H and O–H groups in total. The Balaban J connectivity index is 1.62. The van der Waals surface area contributed by atoms with E-state index in [1.165, 1.54) is 0 Å². The first kappa shape index (κ1) is 17.2. The number of rotatable bonds is 3. The predicted molar refractivity (Wildman–Crippen MR) is 79.9 cm³/mol. The fourth-order valence-electron chi connectivity index (χ4n) is 3.41. The molecule has 1 spiro atoms. The van der Waals surface area contributed by atoms with Gasteiger partial charge in [0, 0.05) is 31.4 Å². The van der Waals surface area contributed by atoms with Crippen LogP contribution in [0.2, 0.25) is 0 Å². The third kappa shape index (κ3) is 3.72. The number of benzene rings is 1. The lowest BCUT2D eigenvalue weighted by Crippen LogP contribution is -2.51. The summed E-state index contributed by atoms with van der Waals surface area (Å²) in [6, 6.07) is 1.41. The summed E-state index contributed by atoms with van der Waals surface area (Å²) in [5.41, 5.74) is -0.829. The van der Waals surface area contributed by atoms with Crippen molar-refractivity contribution in [3.8, 4) is 0 Å². The molecule has 2 saturated heterocycles. The van der Waals surface area contributed by atoms with E-state index in [-0.39, 0.29) is 11.6 Å². The molecule has 132 valence electrons. The number of hydrogen-bond acceptors (Lipinski definition) is 3. The zero-order valence-corrected chi connectivity index (χ0v) is 13.2. The molecule has 7 heteroatoms. The van der Waals surface area contributed by atoms with E-state index in [0.717, 1.165) is 18.9 Å². The molecule has 2 heterocycles. The van der Waals surface area contributed by atoms with Crippen LogP contribution in [0.25, 0.3) is 0 Å². The van der Waals surface area contributed by atoms with Crippen LogP contribution in [-0.4, -0.2) is 37.4 Å². The van der Waals surface area contributed by atoms with Gasteiger partial charge in [0.2, 0.25) is 5.91 Å². The third-order valence-corrected chi connectivity index (χ3v) is 4.74. The van der Waals surface area contributed by atoms with Crippen LogP contribution < -0.4 is 5.32 Å². The maximum Gasteiger partial charge on any atom is 0.224 e. The minimum atomic E-state index is -1.31. The summed E-state index contributed by atoms with van der Waals surface area (Å²) in [5.74, 6) is -3.91. The molecule has 1 atom stereocenters. The lowest BCUT2D eigenvalue weighted by atomic mass is 9.84. The normalized spacial score (nSPS) is 23.2. The largest absolute Gasteiger partial charge is 0.381 e. The lowest BCUT2D eigenvalue weighted by molar-refractivity contribution is -0.143. The van der Waals surface area contributed by atoms with Crippen molar-refractivity contribution in [1.29, 1.82) is 0 Å². The van der Waals surface area contributed by atoms with Crippen molar-refractivity contribution in [1.82, 2.24) is 5.32 Å². The quantitative estimate of drug-likeness (QED) is 0.858. The van der Waals surface area contributed by atoms with Gasteiger partial charge in [-0.25, -0.2) is 13.2 Å². The van der Waals surface area contributed by atoms with E-state index in [0.29, 0.717) is 38.7 Å². The summed E-state index contributed by atoms with van der Waals surface area (Å²) in [4.78, 5) is 12.1. The fraction of sp³-hybridized carbons (Fsp3) is 0.588. The maximum atomic E-state index is 13.7. The Morgan fingerprint density at radius 3 is 2.62 bits per heavy atom. The summed E-state index contributed by atoms with van der Waals surface area (Å²) < 4.78 is 51.7. The number of hydrogen-bond donors (Lipinski definition) is 1. The summed E-state index contributed by atoms with van der Waals surface area (Å²) in [6.07, 6.45) is 2.31. The van der Waals surface area contributed by atoms with E-state index in [1.54, 1.807) is 0 Å². The van der Waals surface area contributed by atoms with Gasteiger partial charge in [0.1, 0.15) is 5.82 Å². The maximum absolute atomic E-state index is 13.7. The zero-order valence-electron chi connectivity index (χ0n) is 13.2. The molecule has 2 fully saturated rings. The van der Waals surface area contributed by atoms with Gasteiger partial charge in [-0.15, -0.1) is 0 Å². The monoisotopic (exact) mass is 343 g/mol. The van der Waals surface area contributed by atoms with Gasteiger partial charge in [0.15, 0.2) is 11.6 Å². The molecule has 0 aromatic heterocycles. The van der Waals surface area contributed by atoms with Gasteiger partial charge in [-0.3, -0.25) is 4.79 Å². The lowest BCUT2D eigenvalue weighted by Gasteiger charge is -2.43. The van der Waals surface area contributed by atoms with Crippen molar-refractivity contribution in [2.24, 2.45) is 0 Å². The first-order valence-corrected chi connectivity index (χ1v) is 8.12. The smallest absolute Gasteiger partial charge is 0.224 e. The van der Waals surface area contributed by atoms with Crippen LogP contribution in [0.5, 0.6) is 0 Å². The van der Waals surface area contributed by atoms with Gasteiger partial charge in [0.05, 0.1) is 12.0 Å². The van der Waals surface area contributed by atoms with E-state index in [9.17, 15) is 18.0 Å². The zero-order chi connectivity index (χ0) is 17.2. The molecule has 1 amide bonds. The van der Waals surface area contributed by atoms with E-state index in [2.05, 4.69) is 5.32 Å². The molecule has 0 radical (unpaired) electrons. The molecule has 24 heavy (non-hydrogen) atoms. The molecular formula is C17H20F3NO3. The molecular weight excluding hydrogens is 323 g/mol. The van der Waals surface area contributed by atoms with Crippen molar-refractivity contribution in [3.63, 3.8) is 0 Å². The third-order valence-electron chi connectivity index (χ3n) is 4.74. The van der Waals surface area contributed by atoms with E-state index in [4.69, 9.17) is 9.47 Å². The Morgan fingerprint density at radius 1 is 1.17 bits per heavy atom. The van der Waals surface area contributed by atoms with Crippen LogP contribution in [0.1, 0.15) is 31.2 Å². The van der Waals surface area contributed by atoms with Gasteiger partial charge in [-0.1, -0.05) is 0 Å². The molecule has 0 unspecified atom stereocenters. The number of amides is 1. The summed E-state index contributed by atoms with van der Waals surface area (Å²) in [7, 11) is 0. The second-order valence-corrected chi connectivity index (χ2v) is 6.40. The minimum Gasteiger partial charge on any atom is -0.381 e. The van der Waals surface area contributed by atoms with Crippen molar-refractivity contribution in [2.45, 2.75) is 43.7 Å². The summed E-state index contributed by atoms with van der Waals surface area (Å²) in [6.45, 7) is 1.77. The summed E-state index contributed by atoms with van der Waals surface area (Å²) in [5, 5.41) is 2.80. The predicted octanol–water partition coefficient (Wildman–Crippen LogP) is 2.49. The van der Waals surface area contributed by atoms with Crippen molar-refractivity contribution in [3.05, 3.63) is 35.1 Å². The minimum absolute atomic E-state index is 0.121. The van der Waals surface area contributed by atoms with Crippen LogP contribution in [0, 0.1) is 17.5 Å². The van der Waals surface area contributed by atoms with Crippen LogP contribution in [0.15, 0.2) is 12.1 Å². The molecule has 4 nitrogen and oxygen atoms in total. The number of nitrogens with one attached hydrogen (secondary N) is 1. The first-order chi connectivity index (χ1) is 11.5. The first-order valence-electron chi connectivity index (χ1n) is 8.12. The Kier molecular flexibility index (Phi) is 5.10. The Labute approximate surface area is 138 Å².